The Morgan fingerprint density at radius 3 is 2.81 bits per heavy atom. The Morgan fingerprint density at radius 2 is 2.19 bits per heavy atom. The Morgan fingerprint density at radius 1 is 1.44 bits per heavy atom. The third kappa shape index (κ3) is 1.77. The first kappa shape index (κ1) is 10.6. The molecule has 3 nitrogen and oxygen atoms in total. The average Bonchev–Trinajstić information content (AvgIpc) is 2.27. The molecule has 0 radical (unpaired) electrons. The van der Waals surface area contributed by atoms with Gasteiger partial charge in [-0.2, -0.15) is 0 Å². The van der Waals surface area contributed by atoms with Gasteiger partial charge in [0.15, 0.2) is 0 Å². The minimum Gasteiger partial charge on any atom is -0.478 e. The molecule has 0 bridgehead atoms. The number of hydrogen-bond acceptors (Lipinski definition) is 2. The fourth-order valence-corrected chi connectivity index (χ4v) is 1.69. The van der Waals surface area contributed by atoms with Crippen LogP contribution in [0.1, 0.15) is 15.9 Å². The van der Waals surface area contributed by atoms with Crippen molar-refractivity contribution in [3.8, 4) is 0 Å². The van der Waals surface area contributed by atoms with Gasteiger partial charge in [-0.05, 0) is 23.8 Å². The first-order valence-electron chi connectivity index (χ1n) is 4.57. The molecule has 0 aliphatic carbocycles. The third-order valence-corrected chi connectivity index (χ3v) is 2.59. The summed E-state index contributed by atoms with van der Waals surface area (Å²) in [5.74, 6) is -1.00. The maximum Gasteiger partial charge on any atom is 0.337 e. The van der Waals surface area contributed by atoms with Gasteiger partial charge in [-0.1, -0.05) is 24.3 Å². The molecular weight excluding hydrogens is 226 g/mol. The molecule has 16 heavy (non-hydrogen) atoms. The van der Waals surface area contributed by atoms with E-state index in [-0.39, 0.29) is 5.56 Å². The van der Waals surface area contributed by atoms with Crippen LogP contribution in [0.15, 0.2) is 31.0 Å². The quantitative estimate of drug-likeness (QED) is 0.866. The van der Waals surface area contributed by atoms with Crippen molar-refractivity contribution in [2.24, 2.45) is 0 Å². The van der Waals surface area contributed by atoms with Crippen LogP contribution in [-0.2, 0) is 0 Å². The number of pyridine rings is 1. The third-order valence-electron chi connectivity index (χ3n) is 2.27. The van der Waals surface area contributed by atoms with E-state index in [4.69, 9.17) is 16.7 Å². The first-order chi connectivity index (χ1) is 7.61. The van der Waals surface area contributed by atoms with E-state index in [2.05, 4.69) is 11.6 Å². The number of carbonyl (C=O) groups is 1. The molecule has 1 heterocycles. The topological polar surface area (TPSA) is 50.2 Å². The zero-order valence-corrected chi connectivity index (χ0v) is 9.03. The summed E-state index contributed by atoms with van der Waals surface area (Å²) in [4.78, 5) is 14.8. The van der Waals surface area contributed by atoms with E-state index >= 15 is 0 Å². The molecule has 0 unspecified atom stereocenters. The van der Waals surface area contributed by atoms with Crippen LogP contribution in [0.25, 0.3) is 17.0 Å². The summed E-state index contributed by atoms with van der Waals surface area (Å²) in [5, 5.41) is 10.1. The van der Waals surface area contributed by atoms with Crippen LogP contribution >= 0.6 is 11.6 Å². The van der Waals surface area contributed by atoms with Crippen molar-refractivity contribution in [3.05, 3.63) is 47.1 Å². The normalized spacial score (nSPS) is 10.3. The molecular formula is C12H8ClNO2. The van der Waals surface area contributed by atoms with Gasteiger partial charge in [0.05, 0.1) is 11.1 Å². The summed E-state index contributed by atoms with van der Waals surface area (Å²) in [5.41, 5.74) is 1.63. The van der Waals surface area contributed by atoms with Crippen LogP contribution in [0.3, 0.4) is 0 Å². The van der Waals surface area contributed by atoms with Gasteiger partial charge >= 0.3 is 5.97 Å². The lowest BCUT2D eigenvalue weighted by atomic mass is 10.1. The lowest BCUT2D eigenvalue weighted by molar-refractivity contribution is 0.0696. The predicted octanol–water partition coefficient (Wildman–Crippen LogP) is 3.23. The fourth-order valence-electron chi connectivity index (χ4n) is 1.44. The van der Waals surface area contributed by atoms with Crippen LogP contribution in [0.2, 0.25) is 5.02 Å². The molecule has 0 saturated heterocycles. The van der Waals surface area contributed by atoms with Gasteiger partial charge in [0.1, 0.15) is 0 Å². The van der Waals surface area contributed by atoms with E-state index in [9.17, 15) is 4.79 Å². The molecule has 0 fully saturated rings. The minimum absolute atomic E-state index is 0.148. The van der Waals surface area contributed by atoms with Crippen LogP contribution in [0, 0.1) is 0 Å². The molecule has 80 valence electrons. The van der Waals surface area contributed by atoms with Gasteiger partial charge in [-0.25, -0.2) is 4.79 Å². The smallest absolute Gasteiger partial charge is 0.337 e. The number of halogens is 1. The highest BCUT2D eigenvalue weighted by atomic mass is 35.5. The van der Waals surface area contributed by atoms with Crippen LogP contribution in [-0.4, -0.2) is 16.1 Å². The van der Waals surface area contributed by atoms with Crippen molar-refractivity contribution in [3.63, 3.8) is 0 Å². The Hall–Kier alpha value is -1.87. The highest BCUT2D eigenvalue weighted by Gasteiger charge is 2.06. The second kappa shape index (κ2) is 3.94. The SMILES string of the molecule is C=Cc1cc2ncc(C(=O)O)cc2cc1Cl. The van der Waals surface area contributed by atoms with Gasteiger partial charge in [0.25, 0.3) is 0 Å². The van der Waals surface area contributed by atoms with Crippen molar-refractivity contribution < 1.29 is 9.90 Å². The summed E-state index contributed by atoms with van der Waals surface area (Å²) in [6.45, 7) is 3.64. The van der Waals surface area contributed by atoms with Gasteiger partial charge in [-0.15, -0.1) is 0 Å². The summed E-state index contributed by atoms with van der Waals surface area (Å²) < 4.78 is 0. The Labute approximate surface area is 97.0 Å². The Kier molecular flexibility index (Phi) is 2.62. The molecule has 0 aliphatic rings. The molecule has 0 aliphatic heterocycles. The number of nitrogens with zero attached hydrogens (tertiary/aromatic N) is 1. The van der Waals surface area contributed by atoms with Crippen molar-refractivity contribution >= 4 is 34.5 Å². The zero-order chi connectivity index (χ0) is 11.7. The number of aromatic nitrogens is 1. The van der Waals surface area contributed by atoms with Crippen LogP contribution in [0.5, 0.6) is 0 Å². The summed E-state index contributed by atoms with van der Waals surface area (Å²) in [6, 6.07) is 5.01. The monoisotopic (exact) mass is 233 g/mol. The maximum atomic E-state index is 10.8. The second-order valence-electron chi connectivity index (χ2n) is 3.30. The Balaban J connectivity index is 2.71. The molecule has 2 rings (SSSR count). The largest absolute Gasteiger partial charge is 0.478 e. The van der Waals surface area contributed by atoms with Crippen molar-refractivity contribution in [2.45, 2.75) is 0 Å². The first-order valence-corrected chi connectivity index (χ1v) is 4.94. The maximum absolute atomic E-state index is 10.8. The predicted molar refractivity (Wildman–Crippen MR) is 63.8 cm³/mol. The van der Waals surface area contributed by atoms with Crippen molar-refractivity contribution in [1.29, 1.82) is 0 Å². The Bertz CT molecular complexity index is 593. The lowest BCUT2D eigenvalue weighted by Gasteiger charge is -2.03. The van der Waals surface area contributed by atoms with Crippen molar-refractivity contribution in [2.75, 3.05) is 0 Å². The molecule has 0 amide bonds. The number of hydrogen-bond donors (Lipinski definition) is 1. The molecule has 4 heteroatoms. The highest BCUT2D eigenvalue weighted by molar-refractivity contribution is 6.32. The summed E-state index contributed by atoms with van der Waals surface area (Å²) in [6.07, 6.45) is 2.96. The molecule has 1 aromatic carbocycles. The van der Waals surface area contributed by atoms with E-state index in [0.717, 1.165) is 5.56 Å². The zero-order valence-electron chi connectivity index (χ0n) is 8.27. The number of aromatic carboxylic acids is 1. The van der Waals surface area contributed by atoms with E-state index in [1.807, 2.05) is 0 Å². The number of carboxylic acid groups (broad SMARTS) is 1. The minimum atomic E-state index is -1.00. The molecule has 1 N–H and O–H groups in total. The lowest BCUT2D eigenvalue weighted by Crippen LogP contribution is -1.97. The summed E-state index contributed by atoms with van der Waals surface area (Å²) in [7, 11) is 0. The molecule has 0 saturated carbocycles. The van der Waals surface area contributed by atoms with E-state index in [1.165, 1.54) is 6.20 Å². The van der Waals surface area contributed by atoms with E-state index in [1.54, 1.807) is 24.3 Å². The van der Waals surface area contributed by atoms with Crippen LogP contribution in [0.4, 0.5) is 0 Å². The number of fused-ring (bicyclic) bond motifs is 1. The van der Waals surface area contributed by atoms with Gasteiger partial charge in [0, 0.05) is 16.6 Å². The van der Waals surface area contributed by atoms with Gasteiger partial charge in [-0.3, -0.25) is 4.98 Å². The summed E-state index contributed by atoms with van der Waals surface area (Å²) >= 11 is 5.99. The number of rotatable bonds is 2. The standard InChI is InChI=1S/C12H8ClNO2/c1-2-7-5-11-8(4-10(7)13)3-9(6-14-11)12(15)16/h2-6H,1H2,(H,15,16). The molecule has 0 atom stereocenters. The number of benzene rings is 1. The van der Waals surface area contributed by atoms with E-state index in [0.29, 0.717) is 15.9 Å². The second-order valence-corrected chi connectivity index (χ2v) is 3.71. The fraction of sp³-hybridized carbons (Fsp3) is 0. The average molecular weight is 234 g/mol. The van der Waals surface area contributed by atoms with Gasteiger partial charge < -0.3 is 5.11 Å². The van der Waals surface area contributed by atoms with Gasteiger partial charge in [0.2, 0.25) is 0 Å². The molecule has 1 aromatic heterocycles. The van der Waals surface area contributed by atoms with E-state index < -0.39 is 5.97 Å². The van der Waals surface area contributed by atoms with Crippen molar-refractivity contribution in [1.82, 2.24) is 4.98 Å². The highest BCUT2D eigenvalue weighted by Crippen LogP contribution is 2.24. The molecule has 2 aromatic rings. The van der Waals surface area contributed by atoms with Crippen LogP contribution < -0.4 is 0 Å². The molecule has 0 spiro atoms. The number of carboxylic acids is 1.